The van der Waals surface area contributed by atoms with Crippen molar-refractivity contribution in [3.8, 4) is 11.6 Å². The Morgan fingerprint density at radius 1 is 1.18 bits per heavy atom. The van der Waals surface area contributed by atoms with E-state index in [1.165, 1.54) is 0 Å². The van der Waals surface area contributed by atoms with Gasteiger partial charge >= 0.3 is 0 Å². The van der Waals surface area contributed by atoms with E-state index in [1.807, 2.05) is 50.2 Å². The molecule has 0 radical (unpaired) electrons. The Kier molecular flexibility index (Phi) is 7.42. The van der Waals surface area contributed by atoms with Crippen LogP contribution in [0.2, 0.25) is 5.02 Å². The van der Waals surface area contributed by atoms with E-state index in [9.17, 15) is 0 Å². The Morgan fingerprint density at radius 3 is 2.57 bits per heavy atom. The quantitative estimate of drug-likeness (QED) is 0.290. The normalized spacial score (nSPS) is 13.4. The highest BCUT2D eigenvalue weighted by Gasteiger charge is 2.19. The third-order valence-corrected chi connectivity index (χ3v) is 7.00. The van der Waals surface area contributed by atoms with Crippen molar-refractivity contribution >= 4 is 61.0 Å². The minimum atomic E-state index is -0.155. The van der Waals surface area contributed by atoms with E-state index >= 15 is 0 Å². The Morgan fingerprint density at radius 2 is 1.89 bits per heavy atom. The third-order valence-electron chi connectivity index (χ3n) is 4.31. The van der Waals surface area contributed by atoms with Crippen molar-refractivity contribution in [2.75, 3.05) is 13.7 Å². The molecule has 7 heteroatoms. The average Bonchev–Trinajstić information content (AvgIpc) is 2.70. The maximum Gasteiger partial charge on any atom is 0.215 e. The molecule has 148 valence electrons. The molecule has 0 aliphatic heterocycles. The molecular formula is C21H20BrClINO3. The van der Waals surface area contributed by atoms with Gasteiger partial charge in [-0.05, 0) is 64.0 Å². The summed E-state index contributed by atoms with van der Waals surface area (Å²) >= 11 is 12.4. The number of aromatic nitrogens is 1. The van der Waals surface area contributed by atoms with Gasteiger partial charge in [0.15, 0.2) is 5.75 Å². The van der Waals surface area contributed by atoms with Crippen LogP contribution in [0.3, 0.4) is 0 Å². The number of hydrogen-bond donors (Lipinski definition) is 0. The van der Waals surface area contributed by atoms with E-state index < -0.39 is 0 Å². The fraction of sp³-hybridized carbons (Fsp3) is 0.286. The zero-order chi connectivity index (χ0) is 20.3. The molecule has 2 aromatic carbocycles. The van der Waals surface area contributed by atoms with Gasteiger partial charge in [0.05, 0.1) is 15.6 Å². The van der Waals surface area contributed by atoms with E-state index in [1.54, 1.807) is 13.2 Å². The first-order valence-electron chi connectivity index (χ1n) is 8.76. The Balaban J connectivity index is 2.03. The summed E-state index contributed by atoms with van der Waals surface area (Å²) in [7, 11) is 1.64. The molecule has 0 bridgehead atoms. The van der Waals surface area contributed by atoms with Crippen LogP contribution in [-0.4, -0.2) is 24.8 Å². The second-order valence-corrected chi connectivity index (χ2v) is 8.73. The van der Waals surface area contributed by atoms with Gasteiger partial charge in [0.1, 0.15) is 18.2 Å². The Labute approximate surface area is 191 Å². The summed E-state index contributed by atoms with van der Waals surface area (Å²) in [4.78, 5) is 4.67. The molecule has 1 heterocycles. The SMILES string of the molecule is COC(C)COc1cc(Cl)c2cc(I)c(Br)c(OC(C)c3ccccc3)c2n1. The fourth-order valence-electron chi connectivity index (χ4n) is 2.64. The molecule has 4 nitrogen and oxygen atoms in total. The fourth-order valence-corrected chi connectivity index (χ4v) is 3.83. The van der Waals surface area contributed by atoms with Gasteiger partial charge < -0.3 is 14.2 Å². The zero-order valence-corrected chi connectivity index (χ0v) is 20.2. The molecule has 0 spiro atoms. The lowest BCUT2D eigenvalue weighted by molar-refractivity contribution is 0.0700. The molecule has 28 heavy (non-hydrogen) atoms. The lowest BCUT2D eigenvalue weighted by atomic mass is 10.1. The molecule has 0 saturated carbocycles. The number of benzene rings is 2. The molecular weight excluding hydrogens is 556 g/mol. The monoisotopic (exact) mass is 575 g/mol. The van der Waals surface area contributed by atoms with Gasteiger partial charge in [-0.1, -0.05) is 41.9 Å². The number of fused-ring (bicyclic) bond motifs is 1. The number of hydrogen-bond acceptors (Lipinski definition) is 4. The minimum Gasteiger partial charge on any atom is -0.483 e. The van der Waals surface area contributed by atoms with Crippen molar-refractivity contribution in [2.45, 2.75) is 26.1 Å². The van der Waals surface area contributed by atoms with Crippen LogP contribution in [0.15, 0.2) is 46.9 Å². The second-order valence-electron chi connectivity index (χ2n) is 6.37. The van der Waals surface area contributed by atoms with Crippen LogP contribution in [-0.2, 0) is 4.74 Å². The van der Waals surface area contributed by atoms with Gasteiger partial charge in [0, 0.05) is 22.1 Å². The zero-order valence-electron chi connectivity index (χ0n) is 15.7. The average molecular weight is 577 g/mol. The smallest absolute Gasteiger partial charge is 0.215 e. The first kappa shape index (κ1) is 21.6. The summed E-state index contributed by atoms with van der Waals surface area (Å²) < 4.78 is 19.2. The number of nitrogens with zero attached hydrogens (tertiary/aromatic N) is 1. The number of methoxy groups -OCH3 is 1. The van der Waals surface area contributed by atoms with Crippen molar-refractivity contribution in [1.29, 1.82) is 0 Å². The number of pyridine rings is 1. The molecule has 1 aromatic heterocycles. The van der Waals surface area contributed by atoms with Crippen molar-refractivity contribution in [1.82, 2.24) is 4.98 Å². The molecule has 0 aliphatic carbocycles. The van der Waals surface area contributed by atoms with Gasteiger partial charge in [-0.3, -0.25) is 0 Å². The molecule has 3 aromatic rings. The molecule has 0 fully saturated rings. The molecule has 0 N–H and O–H groups in total. The molecule has 2 atom stereocenters. The van der Waals surface area contributed by atoms with Crippen LogP contribution in [0.1, 0.15) is 25.5 Å². The first-order valence-corrected chi connectivity index (χ1v) is 11.0. The largest absolute Gasteiger partial charge is 0.483 e. The third kappa shape index (κ3) is 4.90. The van der Waals surface area contributed by atoms with Gasteiger partial charge in [-0.15, -0.1) is 0 Å². The minimum absolute atomic E-state index is 0.0476. The number of halogens is 3. The molecule has 0 aliphatic rings. The summed E-state index contributed by atoms with van der Waals surface area (Å²) in [5.41, 5.74) is 1.73. The summed E-state index contributed by atoms with van der Waals surface area (Å²) in [6.45, 7) is 4.32. The van der Waals surface area contributed by atoms with E-state index in [0.29, 0.717) is 28.8 Å². The van der Waals surface area contributed by atoms with Crippen LogP contribution in [0.4, 0.5) is 0 Å². The van der Waals surface area contributed by atoms with Gasteiger partial charge in [0.25, 0.3) is 0 Å². The predicted octanol–water partition coefficient (Wildman–Crippen LogP) is 6.81. The highest BCUT2D eigenvalue weighted by atomic mass is 127. The van der Waals surface area contributed by atoms with E-state index in [-0.39, 0.29) is 12.2 Å². The second kappa shape index (κ2) is 9.61. The van der Waals surface area contributed by atoms with E-state index in [4.69, 9.17) is 25.8 Å². The molecule has 2 unspecified atom stereocenters. The first-order chi connectivity index (χ1) is 13.4. The Hall–Kier alpha value is -1.09. The topological polar surface area (TPSA) is 40.6 Å². The summed E-state index contributed by atoms with van der Waals surface area (Å²) in [5.74, 6) is 1.08. The molecule has 0 saturated heterocycles. The highest BCUT2D eigenvalue weighted by molar-refractivity contribution is 14.1. The van der Waals surface area contributed by atoms with Crippen LogP contribution in [0.5, 0.6) is 11.6 Å². The Bertz CT molecular complexity index is 971. The van der Waals surface area contributed by atoms with Crippen LogP contribution >= 0.6 is 50.1 Å². The summed E-state index contributed by atoms with van der Waals surface area (Å²) in [5, 5.41) is 1.38. The predicted molar refractivity (Wildman–Crippen MR) is 125 cm³/mol. The maximum absolute atomic E-state index is 6.54. The van der Waals surface area contributed by atoms with Crippen LogP contribution in [0.25, 0.3) is 10.9 Å². The highest BCUT2D eigenvalue weighted by Crippen LogP contribution is 2.42. The standard InChI is InChI=1S/C21H20BrClINO3/c1-12(26-3)11-27-18-10-16(23)15-9-17(24)19(22)21(20(15)25-18)28-13(2)14-7-5-4-6-8-14/h4-10,12-13H,11H2,1-3H3. The van der Waals surface area contributed by atoms with Gasteiger partial charge in [0.2, 0.25) is 5.88 Å². The lowest BCUT2D eigenvalue weighted by Crippen LogP contribution is -2.16. The number of rotatable bonds is 7. The molecule has 0 amide bonds. The van der Waals surface area contributed by atoms with E-state index in [0.717, 1.165) is 19.0 Å². The van der Waals surface area contributed by atoms with Crippen LogP contribution in [0, 0.1) is 3.57 Å². The van der Waals surface area contributed by atoms with Crippen molar-refractivity contribution < 1.29 is 14.2 Å². The van der Waals surface area contributed by atoms with E-state index in [2.05, 4.69) is 43.5 Å². The van der Waals surface area contributed by atoms with Gasteiger partial charge in [-0.2, -0.15) is 0 Å². The van der Waals surface area contributed by atoms with Crippen LogP contribution < -0.4 is 9.47 Å². The maximum atomic E-state index is 6.54. The van der Waals surface area contributed by atoms with Crippen molar-refractivity contribution in [3.63, 3.8) is 0 Å². The summed E-state index contributed by atoms with van der Waals surface area (Å²) in [6, 6.07) is 13.8. The molecule has 3 rings (SSSR count). The summed E-state index contributed by atoms with van der Waals surface area (Å²) in [6.07, 6.45) is -0.203. The van der Waals surface area contributed by atoms with Crippen molar-refractivity contribution in [3.05, 3.63) is 61.1 Å². The number of ether oxygens (including phenoxy) is 3. The van der Waals surface area contributed by atoms with Gasteiger partial charge in [-0.25, -0.2) is 4.98 Å². The van der Waals surface area contributed by atoms with Crippen molar-refractivity contribution in [2.24, 2.45) is 0 Å². The lowest BCUT2D eigenvalue weighted by Gasteiger charge is -2.19.